The van der Waals surface area contributed by atoms with E-state index in [1.165, 1.54) is 0 Å². The number of hydrogen-bond acceptors (Lipinski definition) is 5. The first-order valence-electron chi connectivity index (χ1n) is 4.81. The highest BCUT2D eigenvalue weighted by atomic mass is 32.1. The molecule has 78 valence electrons. The van der Waals surface area contributed by atoms with Crippen LogP contribution < -0.4 is 5.32 Å². The Morgan fingerprint density at radius 1 is 1.47 bits per heavy atom. The van der Waals surface area contributed by atoms with Crippen LogP contribution in [-0.2, 0) is 6.54 Å². The van der Waals surface area contributed by atoms with Gasteiger partial charge in [-0.05, 0) is 12.6 Å². The fraction of sp³-hybridized carbons (Fsp3) is 0.300. The summed E-state index contributed by atoms with van der Waals surface area (Å²) in [6, 6.07) is 1.87. The van der Waals surface area contributed by atoms with Crippen LogP contribution in [0.15, 0.2) is 24.0 Å². The lowest BCUT2D eigenvalue weighted by molar-refractivity contribution is 0.714. The summed E-state index contributed by atoms with van der Waals surface area (Å²) in [6.45, 7) is 3.86. The Morgan fingerprint density at radius 3 is 3.13 bits per heavy atom. The second-order valence-electron chi connectivity index (χ2n) is 3.02. The molecule has 0 radical (unpaired) electrons. The van der Waals surface area contributed by atoms with Gasteiger partial charge in [0.05, 0.1) is 5.69 Å². The van der Waals surface area contributed by atoms with Crippen molar-refractivity contribution >= 4 is 11.3 Å². The lowest BCUT2D eigenvalue weighted by atomic mass is 10.4. The van der Waals surface area contributed by atoms with Crippen molar-refractivity contribution in [3.05, 3.63) is 29.7 Å². The zero-order valence-electron chi connectivity index (χ0n) is 8.47. The minimum atomic E-state index is 0.818. The summed E-state index contributed by atoms with van der Waals surface area (Å²) in [5.74, 6) is 0. The third kappa shape index (κ3) is 2.57. The van der Waals surface area contributed by atoms with Crippen LogP contribution in [0.4, 0.5) is 0 Å². The van der Waals surface area contributed by atoms with Crippen LogP contribution in [0, 0.1) is 0 Å². The second kappa shape index (κ2) is 4.95. The van der Waals surface area contributed by atoms with E-state index in [1.54, 1.807) is 23.9 Å². The molecule has 4 nitrogen and oxygen atoms in total. The Kier molecular flexibility index (Phi) is 3.37. The standard InChI is InChI=1S/C10H12N4S/c1-2-11-5-8-6-15-10(14-8)9-3-4-12-7-13-9/h3-4,6-7,11H,2,5H2,1H3. The van der Waals surface area contributed by atoms with E-state index in [4.69, 9.17) is 0 Å². The summed E-state index contributed by atoms with van der Waals surface area (Å²) >= 11 is 1.61. The largest absolute Gasteiger partial charge is 0.311 e. The minimum absolute atomic E-state index is 0.818. The summed E-state index contributed by atoms with van der Waals surface area (Å²) in [5.41, 5.74) is 1.95. The van der Waals surface area contributed by atoms with E-state index in [0.29, 0.717) is 0 Å². The molecular weight excluding hydrogens is 208 g/mol. The molecule has 0 aliphatic heterocycles. The molecule has 2 heterocycles. The summed E-state index contributed by atoms with van der Waals surface area (Å²) in [6.07, 6.45) is 3.27. The number of hydrogen-bond donors (Lipinski definition) is 1. The smallest absolute Gasteiger partial charge is 0.142 e. The molecule has 0 saturated heterocycles. The van der Waals surface area contributed by atoms with E-state index in [9.17, 15) is 0 Å². The Bertz CT molecular complexity index is 412. The molecule has 0 spiro atoms. The van der Waals surface area contributed by atoms with Gasteiger partial charge in [0.2, 0.25) is 0 Å². The van der Waals surface area contributed by atoms with Gasteiger partial charge in [-0.3, -0.25) is 0 Å². The second-order valence-corrected chi connectivity index (χ2v) is 3.88. The molecular formula is C10H12N4S. The monoisotopic (exact) mass is 220 g/mol. The maximum atomic E-state index is 4.48. The highest BCUT2D eigenvalue weighted by Crippen LogP contribution is 2.20. The molecule has 0 atom stereocenters. The van der Waals surface area contributed by atoms with E-state index < -0.39 is 0 Å². The van der Waals surface area contributed by atoms with E-state index in [1.807, 2.05) is 6.07 Å². The molecule has 0 saturated carbocycles. The molecule has 15 heavy (non-hydrogen) atoms. The number of thiazole rings is 1. The SMILES string of the molecule is CCNCc1csc(-c2ccncn2)n1. The molecule has 0 fully saturated rings. The van der Waals surface area contributed by atoms with Crippen LogP contribution in [0.3, 0.4) is 0 Å². The molecule has 2 aromatic rings. The maximum Gasteiger partial charge on any atom is 0.142 e. The Morgan fingerprint density at radius 2 is 2.40 bits per heavy atom. The van der Waals surface area contributed by atoms with Crippen LogP contribution in [0.5, 0.6) is 0 Å². The summed E-state index contributed by atoms with van der Waals surface area (Å²) < 4.78 is 0. The molecule has 2 aromatic heterocycles. The molecule has 2 rings (SSSR count). The van der Waals surface area contributed by atoms with Crippen molar-refractivity contribution < 1.29 is 0 Å². The van der Waals surface area contributed by atoms with Crippen LogP contribution in [0.1, 0.15) is 12.6 Å². The van der Waals surface area contributed by atoms with Crippen molar-refractivity contribution in [2.75, 3.05) is 6.54 Å². The van der Waals surface area contributed by atoms with Gasteiger partial charge in [-0.15, -0.1) is 11.3 Å². The Labute approximate surface area is 92.4 Å². The number of aromatic nitrogens is 3. The predicted molar refractivity (Wildman–Crippen MR) is 60.5 cm³/mol. The fourth-order valence-electron chi connectivity index (χ4n) is 1.18. The maximum absolute atomic E-state index is 4.48. The first kappa shape index (κ1) is 10.2. The molecule has 0 unspecified atom stereocenters. The Balaban J connectivity index is 2.14. The van der Waals surface area contributed by atoms with Gasteiger partial charge in [0, 0.05) is 18.1 Å². The van der Waals surface area contributed by atoms with E-state index in [-0.39, 0.29) is 0 Å². The van der Waals surface area contributed by atoms with Crippen LogP contribution in [0.2, 0.25) is 0 Å². The molecule has 5 heteroatoms. The normalized spacial score (nSPS) is 10.5. The van der Waals surface area contributed by atoms with Crippen LogP contribution in [-0.4, -0.2) is 21.5 Å². The van der Waals surface area contributed by atoms with Crippen molar-refractivity contribution in [3.8, 4) is 10.7 Å². The average Bonchev–Trinajstić information content (AvgIpc) is 2.76. The minimum Gasteiger partial charge on any atom is -0.311 e. The molecule has 0 amide bonds. The number of nitrogens with zero attached hydrogens (tertiary/aromatic N) is 3. The van der Waals surface area contributed by atoms with Gasteiger partial charge in [-0.1, -0.05) is 6.92 Å². The molecule has 1 N–H and O–H groups in total. The highest BCUT2D eigenvalue weighted by Gasteiger charge is 2.04. The Hall–Kier alpha value is -1.33. The average molecular weight is 220 g/mol. The summed E-state index contributed by atoms with van der Waals surface area (Å²) in [5, 5.41) is 6.25. The fourth-order valence-corrected chi connectivity index (χ4v) is 1.97. The first-order valence-corrected chi connectivity index (χ1v) is 5.69. The van der Waals surface area contributed by atoms with Gasteiger partial charge >= 0.3 is 0 Å². The van der Waals surface area contributed by atoms with Gasteiger partial charge in [0.1, 0.15) is 17.0 Å². The van der Waals surface area contributed by atoms with Crippen molar-refractivity contribution in [1.82, 2.24) is 20.3 Å². The first-order chi connectivity index (χ1) is 7.40. The third-order valence-electron chi connectivity index (χ3n) is 1.91. The van der Waals surface area contributed by atoms with Gasteiger partial charge in [-0.2, -0.15) is 0 Å². The molecule has 0 aromatic carbocycles. The van der Waals surface area contributed by atoms with Crippen molar-refractivity contribution in [1.29, 1.82) is 0 Å². The van der Waals surface area contributed by atoms with Gasteiger partial charge < -0.3 is 5.32 Å². The van der Waals surface area contributed by atoms with Crippen LogP contribution >= 0.6 is 11.3 Å². The molecule has 0 bridgehead atoms. The van der Waals surface area contributed by atoms with Gasteiger partial charge in [-0.25, -0.2) is 15.0 Å². The summed E-state index contributed by atoms with van der Waals surface area (Å²) in [4.78, 5) is 12.5. The zero-order chi connectivity index (χ0) is 10.5. The lowest BCUT2D eigenvalue weighted by Gasteiger charge is -1.95. The molecule has 0 aliphatic rings. The van der Waals surface area contributed by atoms with Gasteiger partial charge in [0.25, 0.3) is 0 Å². The van der Waals surface area contributed by atoms with E-state index in [0.717, 1.165) is 29.5 Å². The van der Waals surface area contributed by atoms with Crippen molar-refractivity contribution in [2.45, 2.75) is 13.5 Å². The predicted octanol–water partition coefficient (Wildman–Crippen LogP) is 1.71. The highest BCUT2D eigenvalue weighted by molar-refractivity contribution is 7.13. The number of rotatable bonds is 4. The lowest BCUT2D eigenvalue weighted by Crippen LogP contribution is -2.11. The van der Waals surface area contributed by atoms with Crippen molar-refractivity contribution in [2.24, 2.45) is 0 Å². The van der Waals surface area contributed by atoms with E-state index >= 15 is 0 Å². The third-order valence-corrected chi connectivity index (χ3v) is 2.82. The quantitative estimate of drug-likeness (QED) is 0.852. The topological polar surface area (TPSA) is 50.7 Å². The number of nitrogens with one attached hydrogen (secondary N) is 1. The van der Waals surface area contributed by atoms with Gasteiger partial charge in [0.15, 0.2) is 0 Å². The zero-order valence-corrected chi connectivity index (χ0v) is 9.29. The molecule has 0 aliphatic carbocycles. The van der Waals surface area contributed by atoms with Crippen molar-refractivity contribution in [3.63, 3.8) is 0 Å². The van der Waals surface area contributed by atoms with E-state index in [2.05, 4.69) is 32.6 Å². The summed E-state index contributed by atoms with van der Waals surface area (Å²) in [7, 11) is 0. The van der Waals surface area contributed by atoms with Crippen LogP contribution in [0.25, 0.3) is 10.7 Å².